The van der Waals surface area contributed by atoms with Gasteiger partial charge in [0, 0.05) is 6.04 Å². The third kappa shape index (κ3) is 4.45. The molecule has 0 aromatic rings. The Kier molecular flexibility index (Phi) is 6.96. The van der Waals surface area contributed by atoms with Gasteiger partial charge in [0.05, 0.1) is 7.11 Å². The maximum Gasteiger partial charge on any atom is 0.326 e. The molecule has 2 atom stereocenters. The summed E-state index contributed by atoms with van der Waals surface area (Å²) < 4.78 is 5.05. The Morgan fingerprint density at radius 1 is 1.50 bits per heavy atom. The molecule has 0 bridgehead atoms. The minimum Gasteiger partial charge on any atom is -0.468 e. The first kappa shape index (κ1) is 17.4. The summed E-state index contributed by atoms with van der Waals surface area (Å²) in [6.07, 6.45) is 5.22. The maximum absolute atomic E-state index is 12.2. The molecule has 0 spiro atoms. The van der Waals surface area contributed by atoms with Crippen molar-refractivity contribution in [3.05, 3.63) is 0 Å². The van der Waals surface area contributed by atoms with E-state index in [2.05, 4.69) is 38.0 Å². The van der Waals surface area contributed by atoms with Crippen LogP contribution in [-0.2, 0) is 9.53 Å². The van der Waals surface area contributed by atoms with E-state index >= 15 is 0 Å². The lowest BCUT2D eigenvalue weighted by Crippen LogP contribution is -2.58. The van der Waals surface area contributed by atoms with Crippen LogP contribution in [0.25, 0.3) is 0 Å². The summed E-state index contributed by atoms with van der Waals surface area (Å²) in [6, 6.07) is 0.473. The largest absolute Gasteiger partial charge is 0.468 e. The lowest BCUT2D eigenvalue weighted by atomic mass is 9.78. The predicted molar refractivity (Wildman–Crippen MR) is 82.8 cm³/mol. The van der Waals surface area contributed by atoms with Gasteiger partial charge in [0.1, 0.15) is 5.54 Å². The highest BCUT2D eigenvalue weighted by Gasteiger charge is 2.43. The molecule has 2 unspecified atom stereocenters. The van der Waals surface area contributed by atoms with Crippen molar-refractivity contribution in [2.24, 2.45) is 5.92 Å². The van der Waals surface area contributed by atoms with E-state index in [0.29, 0.717) is 6.04 Å². The lowest BCUT2D eigenvalue weighted by molar-refractivity contribution is -0.151. The van der Waals surface area contributed by atoms with E-state index in [1.807, 2.05) is 0 Å². The van der Waals surface area contributed by atoms with Gasteiger partial charge < -0.3 is 15.0 Å². The van der Waals surface area contributed by atoms with Crippen molar-refractivity contribution in [1.29, 1.82) is 0 Å². The zero-order valence-electron chi connectivity index (χ0n) is 13.9. The third-order valence-electron chi connectivity index (χ3n) is 4.50. The highest BCUT2D eigenvalue weighted by Crippen LogP contribution is 2.32. The molecule has 118 valence electrons. The Hall–Kier alpha value is -0.610. The Labute approximate surface area is 124 Å². The highest BCUT2D eigenvalue weighted by molar-refractivity contribution is 5.81. The SMILES string of the molecule is CCNC1(C(=O)OC)CCCC(N(C)CCC(C)C)C1. The van der Waals surface area contributed by atoms with Gasteiger partial charge in [0.25, 0.3) is 0 Å². The number of hydrogen-bond donors (Lipinski definition) is 1. The van der Waals surface area contributed by atoms with Crippen LogP contribution >= 0.6 is 0 Å². The maximum atomic E-state index is 12.2. The number of carbonyl (C=O) groups is 1. The average Bonchev–Trinajstić information content (AvgIpc) is 2.44. The van der Waals surface area contributed by atoms with Crippen molar-refractivity contribution in [3.63, 3.8) is 0 Å². The van der Waals surface area contributed by atoms with Gasteiger partial charge in [-0.2, -0.15) is 0 Å². The van der Waals surface area contributed by atoms with E-state index in [1.165, 1.54) is 20.0 Å². The summed E-state index contributed by atoms with van der Waals surface area (Å²) in [4.78, 5) is 14.6. The summed E-state index contributed by atoms with van der Waals surface area (Å²) >= 11 is 0. The van der Waals surface area contributed by atoms with E-state index in [-0.39, 0.29) is 5.97 Å². The van der Waals surface area contributed by atoms with E-state index in [9.17, 15) is 4.79 Å². The molecule has 20 heavy (non-hydrogen) atoms. The number of ether oxygens (including phenoxy) is 1. The normalized spacial score (nSPS) is 27.1. The average molecular weight is 284 g/mol. The molecule has 1 aliphatic rings. The van der Waals surface area contributed by atoms with Crippen LogP contribution in [0.15, 0.2) is 0 Å². The predicted octanol–water partition coefficient (Wildman–Crippen LogP) is 2.43. The summed E-state index contributed by atoms with van der Waals surface area (Å²) in [5.74, 6) is 0.626. The number of carbonyl (C=O) groups excluding carboxylic acids is 1. The molecule has 4 heteroatoms. The summed E-state index contributed by atoms with van der Waals surface area (Å²) in [5, 5.41) is 3.40. The van der Waals surface area contributed by atoms with Crippen molar-refractivity contribution >= 4 is 5.97 Å². The van der Waals surface area contributed by atoms with E-state index < -0.39 is 5.54 Å². The number of nitrogens with zero attached hydrogens (tertiary/aromatic N) is 1. The van der Waals surface area contributed by atoms with Gasteiger partial charge in [0.15, 0.2) is 0 Å². The quantitative estimate of drug-likeness (QED) is 0.729. The van der Waals surface area contributed by atoms with Crippen LogP contribution in [-0.4, -0.2) is 49.7 Å². The van der Waals surface area contributed by atoms with Gasteiger partial charge >= 0.3 is 5.97 Å². The molecule has 0 aliphatic heterocycles. The molecule has 1 fully saturated rings. The minimum atomic E-state index is -0.474. The standard InChI is InChI=1S/C16H32N2O2/c1-6-17-16(15(19)20-5)10-7-8-14(12-16)18(4)11-9-13(2)3/h13-14,17H,6-12H2,1-5H3. The zero-order valence-corrected chi connectivity index (χ0v) is 13.9. The van der Waals surface area contributed by atoms with Crippen molar-refractivity contribution in [2.75, 3.05) is 27.2 Å². The van der Waals surface area contributed by atoms with Crippen molar-refractivity contribution in [3.8, 4) is 0 Å². The second-order valence-electron chi connectivity index (χ2n) is 6.52. The fourth-order valence-corrected chi connectivity index (χ4v) is 3.22. The Balaban J connectivity index is 2.69. The highest BCUT2D eigenvalue weighted by atomic mass is 16.5. The van der Waals surface area contributed by atoms with Crippen LogP contribution in [0.3, 0.4) is 0 Å². The van der Waals surface area contributed by atoms with Crippen LogP contribution in [0.4, 0.5) is 0 Å². The molecule has 0 amide bonds. The molecule has 1 rings (SSSR count). The molecular weight excluding hydrogens is 252 g/mol. The van der Waals surface area contributed by atoms with Crippen LogP contribution in [0.2, 0.25) is 0 Å². The monoisotopic (exact) mass is 284 g/mol. The van der Waals surface area contributed by atoms with Crippen LogP contribution in [0.1, 0.15) is 52.9 Å². The second-order valence-corrected chi connectivity index (χ2v) is 6.52. The van der Waals surface area contributed by atoms with E-state index in [1.54, 1.807) is 0 Å². The molecule has 1 N–H and O–H groups in total. The number of esters is 1. The van der Waals surface area contributed by atoms with Gasteiger partial charge in [-0.15, -0.1) is 0 Å². The lowest BCUT2D eigenvalue weighted by Gasteiger charge is -2.42. The molecular formula is C16H32N2O2. The molecule has 0 aromatic carbocycles. The first-order valence-corrected chi connectivity index (χ1v) is 7.99. The summed E-state index contributed by atoms with van der Waals surface area (Å²) in [6.45, 7) is 8.47. The molecule has 0 saturated heterocycles. The smallest absolute Gasteiger partial charge is 0.326 e. The number of hydrogen-bond acceptors (Lipinski definition) is 4. The van der Waals surface area contributed by atoms with Crippen LogP contribution < -0.4 is 5.32 Å². The number of nitrogens with one attached hydrogen (secondary N) is 1. The van der Waals surface area contributed by atoms with Gasteiger partial charge in [0.2, 0.25) is 0 Å². The Morgan fingerprint density at radius 3 is 2.75 bits per heavy atom. The summed E-state index contributed by atoms with van der Waals surface area (Å²) in [5.41, 5.74) is -0.474. The number of likely N-dealkylation sites (N-methyl/N-ethyl adjacent to an activating group) is 1. The fraction of sp³-hybridized carbons (Fsp3) is 0.938. The minimum absolute atomic E-state index is 0.0960. The fourth-order valence-electron chi connectivity index (χ4n) is 3.22. The zero-order chi connectivity index (χ0) is 15.2. The number of rotatable bonds is 7. The Bertz CT molecular complexity index is 303. The summed E-state index contributed by atoms with van der Waals surface area (Å²) in [7, 11) is 3.68. The van der Waals surface area contributed by atoms with Crippen molar-refractivity contribution in [2.45, 2.75) is 64.5 Å². The van der Waals surface area contributed by atoms with Crippen LogP contribution in [0, 0.1) is 5.92 Å². The van der Waals surface area contributed by atoms with Gasteiger partial charge in [-0.05, 0) is 58.2 Å². The first-order valence-electron chi connectivity index (χ1n) is 7.99. The van der Waals surface area contributed by atoms with Gasteiger partial charge in [-0.3, -0.25) is 4.79 Å². The molecule has 1 aliphatic carbocycles. The third-order valence-corrected chi connectivity index (χ3v) is 4.50. The van der Waals surface area contributed by atoms with Gasteiger partial charge in [-0.1, -0.05) is 20.8 Å². The number of methoxy groups -OCH3 is 1. The topological polar surface area (TPSA) is 41.6 Å². The molecule has 0 heterocycles. The molecule has 4 nitrogen and oxygen atoms in total. The van der Waals surface area contributed by atoms with Crippen molar-refractivity contribution in [1.82, 2.24) is 10.2 Å². The second kappa shape index (κ2) is 7.99. The molecule has 0 aromatic heterocycles. The Morgan fingerprint density at radius 2 is 2.20 bits per heavy atom. The van der Waals surface area contributed by atoms with Crippen LogP contribution in [0.5, 0.6) is 0 Å². The molecule has 0 radical (unpaired) electrons. The van der Waals surface area contributed by atoms with Gasteiger partial charge in [-0.25, -0.2) is 0 Å². The van der Waals surface area contributed by atoms with E-state index in [0.717, 1.165) is 38.3 Å². The first-order chi connectivity index (χ1) is 9.45. The van der Waals surface area contributed by atoms with Crippen molar-refractivity contribution < 1.29 is 9.53 Å². The van der Waals surface area contributed by atoms with E-state index in [4.69, 9.17) is 4.74 Å². The molecule has 1 saturated carbocycles.